The van der Waals surface area contributed by atoms with Gasteiger partial charge in [0.25, 0.3) is 0 Å². The summed E-state index contributed by atoms with van der Waals surface area (Å²) in [5.41, 5.74) is 5.61. The number of carbonyl (C=O) groups excluding carboxylic acids is 1. The van der Waals surface area contributed by atoms with Gasteiger partial charge in [0.2, 0.25) is 5.96 Å². The van der Waals surface area contributed by atoms with Gasteiger partial charge < -0.3 is 10.6 Å². The monoisotopic (exact) mass is 288 g/mol. The number of hydrogen-bond acceptors (Lipinski definition) is 4. The van der Waals surface area contributed by atoms with Crippen molar-refractivity contribution in [1.82, 2.24) is 5.17 Å². The number of nitrogens with two attached hydrogens (primary N) is 1. The molecule has 0 saturated heterocycles. The fourth-order valence-electron chi connectivity index (χ4n) is 1.00. The number of nitrogens with zero attached hydrogens (tertiary/aromatic N) is 2. The first-order valence-corrected chi connectivity index (χ1v) is 5.48. The molecule has 18 heavy (non-hydrogen) atoms. The van der Waals surface area contributed by atoms with Crippen LogP contribution in [0.4, 0.5) is 0 Å². The lowest BCUT2D eigenvalue weighted by molar-refractivity contribution is -0.170. The molecule has 0 atom stereocenters. The number of nitrogens with one attached hydrogen (secondary N) is 1. The molecule has 0 bridgehead atoms. The molecule has 0 aliphatic heterocycles. The van der Waals surface area contributed by atoms with E-state index < -0.39 is 11.9 Å². The van der Waals surface area contributed by atoms with Crippen LogP contribution in [0.3, 0.4) is 0 Å². The van der Waals surface area contributed by atoms with E-state index in [0.717, 1.165) is 6.92 Å². The molecule has 0 aliphatic rings. The van der Waals surface area contributed by atoms with Crippen molar-refractivity contribution in [1.29, 1.82) is 5.41 Å². The molecular formula is C10H10Cl2N4O2. The summed E-state index contributed by atoms with van der Waals surface area (Å²) in [6, 6.07) is 4.92. The summed E-state index contributed by atoms with van der Waals surface area (Å²) >= 11 is 11.8. The van der Waals surface area contributed by atoms with Crippen LogP contribution >= 0.6 is 23.2 Å². The summed E-state index contributed by atoms with van der Waals surface area (Å²) in [4.78, 5) is 15.3. The van der Waals surface area contributed by atoms with Gasteiger partial charge in [0.15, 0.2) is 0 Å². The third-order valence-corrected chi connectivity index (χ3v) is 2.37. The molecule has 0 unspecified atom stereocenters. The summed E-state index contributed by atoms with van der Waals surface area (Å²) in [5, 5.41) is 12.2. The maximum atomic E-state index is 10.8. The zero-order valence-electron chi connectivity index (χ0n) is 9.35. The molecule has 1 aromatic carbocycles. The van der Waals surface area contributed by atoms with Crippen molar-refractivity contribution in [2.45, 2.75) is 6.92 Å². The number of hydrogen-bond donors (Lipinski definition) is 2. The van der Waals surface area contributed by atoms with Crippen molar-refractivity contribution in [3.63, 3.8) is 0 Å². The first kappa shape index (κ1) is 14.3. The molecule has 0 saturated carbocycles. The topological polar surface area (TPSA) is 91.8 Å². The second-order valence-electron chi connectivity index (χ2n) is 3.12. The van der Waals surface area contributed by atoms with Crippen molar-refractivity contribution in [2.24, 2.45) is 10.8 Å². The molecule has 1 rings (SSSR count). The number of hydrazone groups is 1. The van der Waals surface area contributed by atoms with Crippen LogP contribution in [0.5, 0.6) is 0 Å². The van der Waals surface area contributed by atoms with E-state index in [0.29, 0.717) is 20.8 Å². The first-order valence-electron chi connectivity index (χ1n) is 4.72. The minimum absolute atomic E-state index is 0.373. The Morgan fingerprint density at radius 1 is 1.50 bits per heavy atom. The second-order valence-corrected chi connectivity index (χ2v) is 3.94. The molecule has 6 nitrogen and oxygen atoms in total. The quantitative estimate of drug-likeness (QED) is 0.495. The van der Waals surface area contributed by atoms with Crippen LogP contribution in [0.2, 0.25) is 10.0 Å². The summed E-state index contributed by atoms with van der Waals surface area (Å²) in [6.07, 6.45) is 1.25. The van der Waals surface area contributed by atoms with Crippen LogP contribution in [-0.4, -0.2) is 23.3 Å². The van der Waals surface area contributed by atoms with Gasteiger partial charge in [-0.1, -0.05) is 34.4 Å². The van der Waals surface area contributed by atoms with Gasteiger partial charge in [0, 0.05) is 12.5 Å². The Balaban J connectivity index is 2.96. The van der Waals surface area contributed by atoms with Crippen molar-refractivity contribution in [3.05, 3.63) is 33.8 Å². The van der Waals surface area contributed by atoms with Crippen molar-refractivity contribution in [2.75, 3.05) is 0 Å². The Morgan fingerprint density at radius 3 is 2.50 bits per heavy atom. The molecule has 1 aromatic rings. The summed E-state index contributed by atoms with van der Waals surface area (Å²) in [6.45, 7) is 1.16. The Bertz CT molecular complexity index is 484. The van der Waals surface area contributed by atoms with Gasteiger partial charge in [-0.25, -0.2) is 4.79 Å². The molecule has 3 N–H and O–H groups in total. The van der Waals surface area contributed by atoms with Gasteiger partial charge in [-0.3, -0.25) is 5.41 Å². The van der Waals surface area contributed by atoms with Crippen LogP contribution in [0, 0.1) is 5.41 Å². The number of guanidine groups is 1. The molecule has 0 heterocycles. The second kappa shape index (κ2) is 6.23. The van der Waals surface area contributed by atoms with Gasteiger partial charge in [0.1, 0.15) is 0 Å². The minimum Gasteiger partial charge on any atom is -0.366 e. The van der Waals surface area contributed by atoms with Crippen molar-refractivity contribution < 1.29 is 9.63 Å². The van der Waals surface area contributed by atoms with Gasteiger partial charge in [0.05, 0.1) is 16.3 Å². The fourth-order valence-corrected chi connectivity index (χ4v) is 1.50. The van der Waals surface area contributed by atoms with E-state index in [9.17, 15) is 4.79 Å². The van der Waals surface area contributed by atoms with Gasteiger partial charge in [-0.2, -0.15) is 0 Å². The maximum absolute atomic E-state index is 10.8. The number of halogens is 2. The Morgan fingerprint density at radius 2 is 2.06 bits per heavy atom. The van der Waals surface area contributed by atoms with E-state index in [1.807, 2.05) is 0 Å². The lowest BCUT2D eigenvalue weighted by Gasteiger charge is -2.13. The highest BCUT2D eigenvalue weighted by molar-refractivity contribution is 6.38. The standard InChI is InChI=1S/C10H10Cl2N4O2/c1-6(17)18-16(10(13)14)15-5-7-8(11)3-2-4-9(7)12/h2-5H,1H3,(H3,13,14). The van der Waals surface area contributed by atoms with Crippen LogP contribution < -0.4 is 5.73 Å². The molecule has 0 amide bonds. The number of carbonyl (C=O) groups is 1. The zero-order valence-corrected chi connectivity index (χ0v) is 10.9. The molecule has 0 fully saturated rings. The average molecular weight is 289 g/mol. The Kier molecular flexibility index (Phi) is 4.94. The molecule has 0 spiro atoms. The molecule has 0 aliphatic carbocycles. The third kappa shape index (κ3) is 3.90. The summed E-state index contributed by atoms with van der Waals surface area (Å²) < 4.78 is 0. The molecule has 0 aromatic heterocycles. The van der Waals surface area contributed by atoms with E-state index in [2.05, 4.69) is 9.94 Å². The Hall–Kier alpha value is -1.79. The SMILES string of the molecule is CC(=O)ON(N=Cc1c(Cl)cccc1Cl)C(=N)N. The van der Waals surface area contributed by atoms with Gasteiger partial charge in [-0.15, -0.1) is 5.10 Å². The van der Waals surface area contributed by atoms with E-state index >= 15 is 0 Å². The number of hydroxylamine groups is 1. The number of benzene rings is 1. The largest absolute Gasteiger partial charge is 0.366 e. The van der Waals surface area contributed by atoms with Crippen LogP contribution in [0.15, 0.2) is 23.3 Å². The molecule has 0 radical (unpaired) electrons. The average Bonchev–Trinajstić information content (AvgIpc) is 2.26. The lowest BCUT2D eigenvalue weighted by Crippen LogP contribution is -2.33. The van der Waals surface area contributed by atoms with E-state index in [4.69, 9.17) is 34.3 Å². The first-order chi connectivity index (χ1) is 8.41. The predicted molar refractivity (Wildman–Crippen MR) is 69.6 cm³/mol. The highest BCUT2D eigenvalue weighted by Crippen LogP contribution is 2.22. The van der Waals surface area contributed by atoms with Gasteiger partial charge in [-0.05, 0) is 12.1 Å². The van der Waals surface area contributed by atoms with E-state index in [1.165, 1.54) is 6.21 Å². The van der Waals surface area contributed by atoms with Crippen molar-refractivity contribution >= 4 is 41.3 Å². The smallest absolute Gasteiger partial charge is 0.332 e. The Labute approximate surface area is 113 Å². The number of rotatable bonds is 2. The third-order valence-electron chi connectivity index (χ3n) is 1.71. The molecular weight excluding hydrogens is 279 g/mol. The maximum Gasteiger partial charge on any atom is 0.332 e. The lowest BCUT2D eigenvalue weighted by atomic mass is 10.2. The predicted octanol–water partition coefficient (Wildman–Crippen LogP) is 2.00. The molecule has 8 heteroatoms. The minimum atomic E-state index is -0.660. The van der Waals surface area contributed by atoms with E-state index in [-0.39, 0.29) is 0 Å². The fraction of sp³-hybridized carbons (Fsp3) is 0.100. The summed E-state index contributed by atoms with van der Waals surface area (Å²) in [5.74, 6) is -1.21. The zero-order chi connectivity index (χ0) is 13.7. The van der Waals surface area contributed by atoms with Gasteiger partial charge >= 0.3 is 5.97 Å². The van der Waals surface area contributed by atoms with Crippen molar-refractivity contribution in [3.8, 4) is 0 Å². The highest BCUT2D eigenvalue weighted by atomic mass is 35.5. The highest BCUT2D eigenvalue weighted by Gasteiger charge is 2.09. The van der Waals surface area contributed by atoms with Crippen LogP contribution in [0.25, 0.3) is 0 Å². The molecule has 96 valence electrons. The van der Waals surface area contributed by atoms with Crippen LogP contribution in [-0.2, 0) is 9.63 Å². The van der Waals surface area contributed by atoms with E-state index in [1.54, 1.807) is 18.2 Å². The summed E-state index contributed by atoms with van der Waals surface area (Å²) in [7, 11) is 0. The normalized spacial score (nSPS) is 10.4. The van der Waals surface area contributed by atoms with Crippen LogP contribution in [0.1, 0.15) is 12.5 Å².